The highest BCUT2D eigenvalue weighted by Crippen LogP contribution is 2.33. The summed E-state index contributed by atoms with van der Waals surface area (Å²) < 4.78 is 17.4. The van der Waals surface area contributed by atoms with Gasteiger partial charge in [-0.1, -0.05) is 12.1 Å². The molecule has 2 aliphatic rings. The molecule has 1 aromatic carbocycles. The summed E-state index contributed by atoms with van der Waals surface area (Å²) >= 11 is 0. The molecule has 5 heteroatoms. The molecule has 2 aromatic rings. The maximum absolute atomic E-state index is 6.13. The van der Waals surface area contributed by atoms with Gasteiger partial charge in [0.1, 0.15) is 0 Å². The van der Waals surface area contributed by atoms with Crippen LogP contribution in [0.5, 0.6) is 0 Å². The largest absolute Gasteiger partial charge is 0.381 e. The second kappa shape index (κ2) is 6.01. The van der Waals surface area contributed by atoms with Gasteiger partial charge < -0.3 is 24.5 Å². The molecule has 0 unspecified atom stereocenters. The minimum Gasteiger partial charge on any atom is -0.381 e. The van der Waals surface area contributed by atoms with E-state index in [-0.39, 0.29) is 11.9 Å². The van der Waals surface area contributed by atoms with Crippen LogP contribution in [-0.4, -0.2) is 43.2 Å². The summed E-state index contributed by atoms with van der Waals surface area (Å²) in [7, 11) is 0. The number of aromatic nitrogens is 1. The summed E-state index contributed by atoms with van der Waals surface area (Å²) in [6.45, 7) is 3.78. The number of hydrogen-bond donors (Lipinski definition) is 2. The molecule has 0 amide bonds. The van der Waals surface area contributed by atoms with Gasteiger partial charge in [0.25, 0.3) is 0 Å². The van der Waals surface area contributed by atoms with Crippen LogP contribution in [0.3, 0.4) is 0 Å². The average molecular weight is 302 g/mol. The van der Waals surface area contributed by atoms with Crippen molar-refractivity contribution in [3.8, 4) is 0 Å². The zero-order chi connectivity index (χ0) is 14.8. The van der Waals surface area contributed by atoms with Crippen molar-refractivity contribution in [2.45, 2.75) is 31.3 Å². The monoisotopic (exact) mass is 302 g/mol. The topological polar surface area (TPSA) is 55.5 Å². The zero-order valence-electron chi connectivity index (χ0n) is 12.6. The molecule has 118 valence electrons. The molecule has 1 aromatic heterocycles. The van der Waals surface area contributed by atoms with Gasteiger partial charge in [0, 0.05) is 43.0 Å². The number of hydrogen-bond acceptors (Lipinski definition) is 4. The van der Waals surface area contributed by atoms with E-state index in [0.29, 0.717) is 6.61 Å². The summed E-state index contributed by atoms with van der Waals surface area (Å²) in [5.41, 5.74) is 2.49. The standard InChI is InChI=1S/C17H22N2O3/c1-2-13(15-4-7-19-16(15)3-1)10-18-11-14-12-21-17(22-14)5-8-20-9-6-17/h1-4,7,14,18-19H,5-6,8-12H2/t14-/m1/s1. The van der Waals surface area contributed by atoms with Gasteiger partial charge in [0.2, 0.25) is 0 Å². The van der Waals surface area contributed by atoms with E-state index in [9.17, 15) is 0 Å². The summed E-state index contributed by atoms with van der Waals surface area (Å²) in [5.74, 6) is -0.384. The van der Waals surface area contributed by atoms with E-state index in [2.05, 4.69) is 34.6 Å². The molecule has 0 radical (unpaired) electrons. The fourth-order valence-electron chi connectivity index (χ4n) is 3.33. The Morgan fingerprint density at radius 3 is 3.05 bits per heavy atom. The lowest BCUT2D eigenvalue weighted by atomic mass is 10.1. The maximum Gasteiger partial charge on any atom is 0.173 e. The molecular weight excluding hydrogens is 280 g/mol. The van der Waals surface area contributed by atoms with Crippen LogP contribution in [0.4, 0.5) is 0 Å². The van der Waals surface area contributed by atoms with Crippen molar-refractivity contribution in [2.75, 3.05) is 26.4 Å². The molecule has 5 nitrogen and oxygen atoms in total. The fraction of sp³-hybridized carbons (Fsp3) is 0.529. The SMILES string of the molecule is c1cc(CNC[C@@H]2COC3(CCOCC3)O2)c2cc[nH]c2c1. The first-order chi connectivity index (χ1) is 10.8. The Morgan fingerprint density at radius 2 is 2.14 bits per heavy atom. The molecule has 2 aliphatic heterocycles. The highest BCUT2D eigenvalue weighted by Gasteiger charge is 2.42. The van der Waals surface area contributed by atoms with Crippen molar-refractivity contribution < 1.29 is 14.2 Å². The van der Waals surface area contributed by atoms with Crippen LogP contribution in [0.1, 0.15) is 18.4 Å². The van der Waals surface area contributed by atoms with E-state index in [1.165, 1.54) is 16.5 Å². The van der Waals surface area contributed by atoms with Gasteiger partial charge in [-0.05, 0) is 17.7 Å². The Hall–Kier alpha value is -1.40. The van der Waals surface area contributed by atoms with E-state index in [1.54, 1.807) is 0 Å². The summed E-state index contributed by atoms with van der Waals surface area (Å²) in [5, 5.41) is 4.77. The van der Waals surface area contributed by atoms with Crippen molar-refractivity contribution in [1.82, 2.24) is 10.3 Å². The van der Waals surface area contributed by atoms with E-state index in [1.807, 2.05) is 6.20 Å². The number of aromatic amines is 1. The Morgan fingerprint density at radius 1 is 1.23 bits per heavy atom. The summed E-state index contributed by atoms with van der Waals surface area (Å²) in [6.07, 6.45) is 3.79. The van der Waals surface area contributed by atoms with Gasteiger partial charge in [-0.3, -0.25) is 0 Å². The molecule has 2 fully saturated rings. The van der Waals surface area contributed by atoms with Crippen LogP contribution >= 0.6 is 0 Å². The van der Waals surface area contributed by atoms with Crippen LogP contribution in [0, 0.1) is 0 Å². The molecule has 1 spiro atoms. The molecule has 4 rings (SSSR count). The van der Waals surface area contributed by atoms with Gasteiger partial charge >= 0.3 is 0 Å². The van der Waals surface area contributed by atoms with Crippen molar-refractivity contribution in [2.24, 2.45) is 0 Å². The summed E-state index contributed by atoms with van der Waals surface area (Å²) in [4.78, 5) is 3.25. The molecular formula is C17H22N2O3. The predicted octanol–water partition coefficient (Wildman–Crippen LogP) is 2.18. The van der Waals surface area contributed by atoms with Gasteiger partial charge in [-0.25, -0.2) is 0 Å². The van der Waals surface area contributed by atoms with E-state index in [4.69, 9.17) is 14.2 Å². The number of nitrogens with one attached hydrogen (secondary N) is 2. The molecule has 3 heterocycles. The molecule has 2 N–H and O–H groups in total. The molecule has 1 atom stereocenters. The van der Waals surface area contributed by atoms with Gasteiger partial charge in [-0.15, -0.1) is 0 Å². The first-order valence-corrected chi connectivity index (χ1v) is 8.00. The lowest BCUT2D eigenvalue weighted by molar-refractivity contribution is -0.210. The van der Waals surface area contributed by atoms with Crippen LogP contribution in [0.25, 0.3) is 10.9 Å². The first-order valence-electron chi connectivity index (χ1n) is 8.00. The smallest absolute Gasteiger partial charge is 0.173 e. The van der Waals surface area contributed by atoms with Crippen molar-refractivity contribution in [3.63, 3.8) is 0 Å². The minimum atomic E-state index is -0.384. The number of H-pyrrole nitrogens is 1. The van der Waals surface area contributed by atoms with Crippen LogP contribution in [-0.2, 0) is 20.8 Å². The fourth-order valence-corrected chi connectivity index (χ4v) is 3.33. The Balaban J connectivity index is 1.31. The molecule has 2 saturated heterocycles. The molecule has 0 saturated carbocycles. The van der Waals surface area contributed by atoms with Gasteiger partial charge in [0.15, 0.2) is 5.79 Å². The normalized spacial score (nSPS) is 24.3. The van der Waals surface area contributed by atoms with Crippen molar-refractivity contribution in [1.29, 1.82) is 0 Å². The third kappa shape index (κ3) is 2.77. The lowest BCUT2D eigenvalue weighted by Crippen LogP contribution is -2.39. The summed E-state index contributed by atoms with van der Waals surface area (Å²) in [6, 6.07) is 8.47. The molecule has 0 aliphatic carbocycles. The Bertz CT molecular complexity index is 634. The second-order valence-corrected chi connectivity index (χ2v) is 6.06. The highest BCUT2D eigenvalue weighted by molar-refractivity contribution is 5.82. The first kappa shape index (κ1) is 14.2. The molecule has 0 bridgehead atoms. The maximum atomic E-state index is 6.13. The van der Waals surface area contributed by atoms with Gasteiger partial charge in [0.05, 0.1) is 25.9 Å². The predicted molar refractivity (Wildman–Crippen MR) is 83.6 cm³/mol. The highest BCUT2D eigenvalue weighted by atomic mass is 16.7. The Labute approximate surface area is 129 Å². The zero-order valence-corrected chi connectivity index (χ0v) is 12.6. The van der Waals surface area contributed by atoms with E-state index < -0.39 is 0 Å². The number of rotatable bonds is 4. The van der Waals surface area contributed by atoms with E-state index in [0.717, 1.165) is 39.1 Å². The number of fused-ring (bicyclic) bond motifs is 1. The minimum absolute atomic E-state index is 0.128. The number of ether oxygens (including phenoxy) is 3. The van der Waals surface area contributed by atoms with Crippen molar-refractivity contribution in [3.05, 3.63) is 36.0 Å². The van der Waals surface area contributed by atoms with Crippen LogP contribution in [0.15, 0.2) is 30.5 Å². The lowest BCUT2D eigenvalue weighted by Gasteiger charge is -2.31. The second-order valence-electron chi connectivity index (χ2n) is 6.06. The van der Waals surface area contributed by atoms with Crippen LogP contribution in [0.2, 0.25) is 0 Å². The Kier molecular flexibility index (Phi) is 3.88. The average Bonchev–Trinajstić information content (AvgIpc) is 3.16. The quantitative estimate of drug-likeness (QED) is 0.909. The van der Waals surface area contributed by atoms with Gasteiger partial charge in [-0.2, -0.15) is 0 Å². The number of benzene rings is 1. The third-order valence-corrected chi connectivity index (χ3v) is 4.54. The van der Waals surface area contributed by atoms with E-state index >= 15 is 0 Å². The molecule has 22 heavy (non-hydrogen) atoms. The van der Waals surface area contributed by atoms with Crippen LogP contribution < -0.4 is 5.32 Å². The third-order valence-electron chi connectivity index (χ3n) is 4.54. The van der Waals surface area contributed by atoms with Crippen molar-refractivity contribution >= 4 is 10.9 Å².